The first-order valence-electron chi connectivity index (χ1n) is 12.4. The lowest BCUT2D eigenvalue weighted by atomic mass is 9.84. The summed E-state index contributed by atoms with van der Waals surface area (Å²) in [6.45, 7) is -1.21. The first-order chi connectivity index (χ1) is 20.4. The number of halogens is 6. The molecule has 0 saturated heterocycles. The van der Waals surface area contributed by atoms with Crippen molar-refractivity contribution in [3.63, 3.8) is 0 Å². The van der Waals surface area contributed by atoms with E-state index in [0.29, 0.717) is 34.5 Å². The van der Waals surface area contributed by atoms with Crippen molar-refractivity contribution >= 4 is 6.34 Å². The third-order valence-electron chi connectivity index (χ3n) is 6.22. The Morgan fingerprint density at radius 2 is 1.51 bits per heavy atom. The van der Waals surface area contributed by atoms with Crippen LogP contribution in [0.15, 0.2) is 84.1 Å². The van der Waals surface area contributed by atoms with E-state index in [-0.39, 0.29) is 17.7 Å². The zero-order chi connectivity index (χ0) is 31.2. The molecule has 1 atom stereocenters. The Bertz CT molecular complexity index is 1670. The molecule has 0 fully saturated rings. The van der Waals surface area contributed by atoms with Crippen molar-refractivity contribution < 1.29 is 36.2 Å². The molecule has 1 unspecified atom stereocenters. The summed E-state index contributed by atoms with van der Waals surface area (Å²) in [5.41, 5.74) is -4.26. The number of rotatable bonds is 9. The average Bonchev–Trinajstić information content (AvgIpc) is 2.96. The molecule has 0 spiro atoms. The van der Waals surface area contributed by atoms with E-state index in [1.807, 2.05) is 0 Å². The van der Waals surface area contributed by atoms with E-state index in [1.54, 1.807) is 24.3 Å². The van der Waals surface area contributed by atoms with Gasteiger partial charge in [0.15, 0.2) is 5.60 Å². The molecule has 3 aromatic carbocycles. The number of nitrogens with zero attached hydrogens (tertiary/aromatic N) is 3. The summed E-state index contributed by atoms with van der Waals surface area (Å²) >= 11 is 0. The van der Waals surface area contributed by atoms with Gasteiger partial charge in [0.1, 0.15) is 47.7 Å². The lowest BCUT2D eigenvalue weighted by molar-refractivity contribution is -0.203. The molecule has 0 aliphatic rings. The quantitative estimate of drug-likeness (QED) is 0.0644. The molecular formula is C30H23F6N5O2. The zero-order valence-electron chi connectivity index (χ0n) is 22.1. The summed E-state index contributed by atoms with van der Waals surface area (Å²) in [6.07, 6.45) is 1.77. The van der Waals surface area contributed by atoms with Crippen LogP contribution >= 0.6 is 0 Å². The normalized spacial score (nSPS) is 12.8. The van der Waals surface area contributed by atoms with Crippen LogP contribution < -0.4 is 16.4 Å². The maximum Gasteiger partial charge on any atom is 0.323 e. The van der Waals surface area contributed by atoms with Crippen LogP contribution in [0, 0.1) is 35.1 Å². The van der Waals surface area contributed by atoms with Gasteiger partial charge in [0.25, 0.3) is 0 Å². The highest BCUT2D eigenvalue weighted by atomic mass is 19.3. The van der Waals surface area contributed by atoms with Gasteiger partial charge in [-0.25, -0.2) is 23.4 Å². The van der Waals surface area contributed by atoms with E-state index in [1.165, 1.54) is 12.1 Å². The molecule has 7 nitrogen and oxygen atoms in total. The van der Waals surface area contributed by atoms with Crippen LogP contribution in [0.2, 0.25) is 0 Å². The predicted octanol–water partition coefficient (Wildman–Crippen LogP) is 4.67. The van der Waals surface area contributed by atoms with E-state index < -0.39 is 52.6 Å². The van der Waals surface area contributed by atoms with Crippen LogP contribution in [0.25, 0.3) is 0 Å². The highest BCUT2D eigenvalue weighted by molar-refractivity contribution is 5.54. The van der Waals surface area contributed by atoms with Gasteiger partial charge in [-0.1, -0.05) is 11.8 Å². The third-order valence-corrected chi connectivity index (χ3v) is 6.22. The Kier molecular flexibility index (Phi) is 9.23. The molecule has 43 heavy (non-hydrogen) atoms. The van der Waals surface area contributed by atoms with E-state index >= 15 is 8.78 Å². The van der Waals surface area contributed by atoms with Gasteiger partial charge >= 0.3 is 5.92 Å². The van der Waals surface area contributed by atoms with Crippen LogP contribution in [0.4, 0.5) is 26.3 Å². The van der Waals surface area contributed by atoms with Crippen LogP contribution in [-0.2, 0) is 18.1 Å². The molecule has 13 heteroatoms. The number of pyridine rings is 1. The Labute approximate surface area is 242 Å². The summed E-state index contributed by atoms with van der Waals surface area (Å²) in [5.74, 6) is 8.44. The number of aromatic nitrogens is 1. The number of hydrazone groups is 1. The Morgan fingerprint density at radius 3 is 2.12 bits per heavy atom. The minimum atomic E-state index is -4.25. The topological polar surface area (TPSA) is 110 Å². The fourth-order valence-corrected chi connectivity index (χ4v) is 4.01. The van der Waals surface area contributed by atoms with E-state index in [2.05, 4.69) is 21.9 Å². The highest BCUT2D eigenvalue weighted by Crippen LogP contribution is 2.46. The number of aliphatic hydroxyl groups is 1. The van der Waals surface area contributed by atoms with Crippen molar-refractivity contribution in [1.82, 2.24) is 9.99 Å². The molecule has 4 aromatic rings. The van der Waals surface area contributed by atoms with Crippen molar-refractivity contribution in [3.05, 3.63) is 130 Å². The van der Waals surface area contributed by atoms with E-state index in [9.17, 15) is 22.7 Å². The van der Waals surface area contributed by atoms with Crippen LogP contribution in [-0.4, -0.2) is 28.0 Å². The second-order valence-electron chi connectivity index (χ2n) is 9.23. The lowest BCUT2D eigenvalue weighted by Gasteiger charge is -2.37. The number of hydrazine groups is 1. The first kappa shape index (κ1) is 30.9. The summed E-state index contributed by atoms with van der Waals surface area (Å²) in [5, 5.41) is 14.8. The van der Waals surface area contributed by atoms with Crippen molar-refractivity contribution in [1.29, 1.82) is 0 Å². The average molecular weight is 600 g/mol. The molecule has 0 aliphatic heterocycles. The van der Waals surface area contributed by atoms with Gasteiger partial charge < -0.3 is 15.7 Å². The maximum absolute atomic E-state index is 15.8. The molecule has 0 saturated carbocycles. The Hall–Kier alpha value is -5.06. The monoisotopic (exact) mass is 599 g/mol. The van der Waals surface area contributed by atoms with Crippen molar-refractivity contribution in [2.75, 3.05) is 6.54 Å². The molecular weight excluding hydrogens is 576 g/mol. The largest absolute Gasteiger partial charge is 0.489 e. The molecule has 1 aromatic heterocycles. The molecule has 0 aliphatic carbocycles. The molecule has 0 radical (unpaired) electrons. The molecule has 1 heterocycles. The SMILES string of the molecule is N/N=C\N(N)CC(O)(c1ccc(F)cc1F)C(F)(F)c1ccc(C#Cc2ccc(OCc3ccc(F)cc3F)cc2)cn1. The molecule has 222 valence electrons. The fraction of sp³-hybridized carbons (Fsp3) is 0.133. The van der Waals surface area contributed by atoms with Gasteiger partial charge in [0.05, 0.1) is 6.54 Å². The number of hydrogen-bond donors (Lipinski definition) is 3. The summed E-state index contributed by atoms with van der Waals surface area (Å²) < 4.78 is 92.0. The number of benzene rings is 3. The number of nitrogens with two attached hydrogens (primary N) is 2. The third kappa shape index (κ3) is 7.06. The Balaban J connectivity index is 1.51. The van der Waals surface area contributed by atoms with Gasteiger partial charge in [-0.15, -0.1) is 0 Å². The van der Waals surface area contributed by atoms with Crippen LogP contribution in [0.5, 0.6) is 5.75 Å². The second-order valence-corrected chi connectivity index (χ2v) is 9.23. The second kappa shape index (κ2) is 12.8. The fourth-order valence-electron chi connectivity index (χ4n) is 4.01. The predicted molar refractivity (Wildman–Crippen MR) is 145 cm³/mol. The summed E-state index contributed by atoms with van der Waals surface area (Å²) in [7, 11) is 0. The minimum absolute atomic E-state index is 0.118. The lowest BCUT2D eigenvalue weighted by Crippen LogP contribution is -2.53. The molecule has 4 rings (SSSR count). The smallest absolute Gasteiger partial charge is 0.323 e. The number of ether oxygens (including phenoxy) is 1. The highest BCUT2D eigenvalue weighted by Gasteiger charge is 2.58. The van der Waals surface area contributed by atoms with Gasteiger partial charge in [0, 0.05) is 40.6 Å². The summed E-state index contributed by atoms with van der Waals surface area (Å²) in [4.78, 5) is 3.73. The van der Waals surface area contributed by atoms with Gasteiger partial charge in [-0.2, -0.15) is 13.9 Å². The molecule has 5 N–H and O–H groups in total. The molecule has 0 amide bonds. The van der Waals surface area contributed by atoms with Crippen molar-refractivity contribution in [3.8, 4) is 17.6 Å². The number of hydrogen-bond acceptors (Lipinski definition) is 6. The maximum atomic E-state index is 15.8. The zero-order valence-corrected chi connectivity index (χ0v) is 22.1. The Morgan fingerprint density at radius 1 is 0.884 bits per heavy atom. The molecule has 0 bridgehead atoms. The van der Waals surface area contributed by atoms with Crippen LogP contribution in [0.1, 0.15) is 27.9 Å². The standard InChI is InChI=1S/C30H23F6N5O2/c31-22-7-6-21(26(33)13-22)16-43-24-9-3-19(4-10-24)1-2-20-5-12-28(39-15-20)30(35,36)29(42,17-41(38)18-40-37)25-11-8-23(32)14-27(25)34/h3-15,18,42H,16-17,37-38H2/b40-18-. The van der Waals surface area contributed by atoms with Gasteiger partial charge in [0.2, 0.25) is 0 Å². The van der Waals surface area contributed by atoms with E-state index in [4.69, 9.17) is 16.4 Å². The minimum Gasteiger partial charge on any atom is -0.489 e. The van der Waals surface area contributed by atoms with Crippen molar-refractivity contribution in [2.45, 2.75) is 18.1 Å². The van der Waals surface area contributed by atoms with Gasteiger partial charge in [-0.05, 0) is 60.7 Å². The van der Waals surface area contributed by atoms with Crippen LogP contribution in [0.3, 0.4) is 0 Å². The summed E-state index contributed by atoms with van der Waals surface area (Å²) in [6, 6.07) is 13.4. The first-order valence-corrected chi connectivity index (χ1v) is 12.4. The van der Waals surface area contributed by atoms with Crippen molar-refractivity contribution in [2.24, 2.45) is 16.8 Å². The van der Waals surface area contributed by atoms with E-state index in [0.717, 1.165) is 30.7 Å². The number of alkyl halides is 2. The van der Waals surface area contributed by atoms with Gasteiger partial charge in [-0.3, -0.25) is 9.99 Å².